The molecule has 0 radical (unpaired) electrons. The number of hydrogen-bond donors (Lipinski definition) is 5. The molecule has 0 amide bonds. The topological polar surface area (TPSA) is 138 Å². The molecule has 0 fully saturated rings. The second-order valence-electron chi connectivity index (χ2n) is 7.14. The molecule has 2 aromatic rings. The molecule has 0 saturated heterocycles. The number of aryl methyl sites for hydroxylation is 4. The summed E-state index contributed by atoms with van der Waals surface area (Å²) in [5, 5.41) is 6.26. The van der Waals surface area contributed by atoms with Crippen molar-refractivity contribution in [1.29, 1.82) is 0 Å². The van der Waals surface area contributed by atoms with Crippen LogP contribution in [0.3, 0.4) is 0 Å². The number of allylic oxidation sites excluding steroid dienone is 1. The van der Waals surface area contributed by atoms with Crippen LogP contribution in [0.2, 0.25) is 0 Å². The summed E-state index contributed by atoms with van der Waals surface area (Å²) in [4.78, 5) is 8.38. The molecule has 11 heteroatoms. The molecule has 8 N–H and O–H groups in total. The lowest BCUT2D eigenvalue weighted by atomic mass is 10.5. The second-order valence-corrected chi connectivity index (χ2v) is 7.51. The van der Waals surface area contributed by atoms with Gasteiger partial charge in [0.2, 0.25) is 0 Å². The van der Waals surface area contributed by atoms with Gasteiger partial charge in [-0.15, -0.1) is 24.0 Å². The third-order valence-corrected chi connectivity index (χ3v) is 4.40. The van der Waals surface area contributed by atoms with E-state index in [1.54, 1.807) is 0 Å². The number of alkyl halides is 1. The van der Waals surface area contributed by atoms with Gasteiger partial charge in [0, 0.05) is 68.6 Å². The fraction of sp³-hybridized carbons (Fsp3) is 0.619. The summed E-state index contributed by atoms with van der Waals surface area (Å²) in [5.41, 5.74) is 19.2. The van der Waals surface area contributed by atoms with Crippen molar-refractivity contribution in [1.82, 2.24) is 29.7 Å². The van der Waals surface area contributed by atoms with Crippen molar-refractivity contribution < 1.29 is 0 Å². The van der Waals surface area contributed by atoms with Crippen molar-refractivity contribution in [2.45, 2.75) is 60.8 Å². The Morgan fingerprint density at radius 2 is 1.59 bits per heavy atom. The normalized spacial score (nSPS) is 13.6. The first-order valence-electron chi connectivity index (χ1n) is 10.5. The van der Waals surface area contributed by atoms with Crippen LogP contribution in [0, 0.1) is 27.7 Å². The maximum absolute atomic E-state index is 5.41. The zero-order chi connectivity index (χ0) is 23.8. The predicted octanol–water partition coefficient (Wildman–Crippen LogP) is 1.91. The van der Waals surface area contributed by atoms with Gasteiger partial charge in [-0.05, 0) is 41.5 Å². The molecule has 186 valence electrons. The molecule has 1 aliphatic rings. The highest BCUT2D eigenvalue weighted by Crippen LogP contribution is 2.01. The first-order chi connectivity index (χ1) is 14.7. The van der Waals surface area contributed by atoms with Gasteiger partial charge in [-0.2, -0.15) is 0 Å². The van der Waals surface area contributed by atoms with Gasteiger partial charge in [-0.1, -0.05) is 0 Å². The Morgan fingerprint density at radius 1 is 1.00 bits per heavy atom. The molecule has 32 heavy (non-hydrogen) atoms. The van der Waals surface area contributed by atoms with Crippen molar-refractivity contribution in [2.75, 3.05) is 25.5 Å². The number of halogens is 2. The smallest absolute Gasteiger partial charge is 0.105 e. The number of imidazole rings is 2. The van der Waals surface area contributed by atoms with Gasteiger partial charge in [0.15, 0.2) is 0 Å². The van der Waals surface area contributed by atoms with Crippen LogP contribution in [0.15, 0.2) is 24.3 Å². The Kier molecular flexibility index (Phi) is 19.0. The first kappa shape index (κ1) is 32.4. The van der Waals surface area contributed by atoms with Crippen LogP contribution >= 0.6 is 24.0 Å². The van der Waals surface area contributed by atoms with Gasteiger partial charge in [-0.3, -0.25) is 0 Å². The summed E-state index contributed by atoms with van der Waals surface area (Å²) in [6.45, 7) is 15.8. The lowest BCUT2D eigenvalue weighted by Crippen LogP contribution is -2.27. The molecule has 1 aliphatic heterocycles. The number of nitrogens with one attached hydrogen (secondary N) is 2. The van der Waals surface area contributed by atoms with Gasteiger partial charge < -0.3 is 37.0 Å². The zero-order valence-electron chi connectivity index (χ0n) is 20.4. The van der Waals surface area contributed by atoms with E-state index in [9.17, 15) is 0 Å². The fourth-order valence-corrected chi connectivity index (χ4v) is 2.76. The van der Waals surface area contributed by atoms with Gasteiger partial charge in [-0.25, -0.2) is 9.97 Å². The van der Waals surface area contributed by atoms with Crippen molar-refractivity contribution in [2.24, 2.45) is 17.2 Å². The van der Waals surface area contributed by atoms with E-state index in [-0.39, 0.29) is 12.4 Å². The summed E-state index contributed by atoms with van der Waals surface area (Å²) in [6, 6.07) is 0. The third kappa shape index (κ3) is 13.6. The van der Waals surface area contributed by atoms with Gasteiger partial charge in [0.1, 0.15) is 11.6 Å². The van der Waals surface area contributed by atoms with Crippen molar-refractivity contribution >= 4 is 24.0 Å². The third-order valence-electron chi connectivity index (χ3n) is 4.18. The Balaban J connectivity index is 0. The second kappa shape index (κ2) is 18.8. The number of nitrogens with two attached hydrogens (primary N) is 3. The highest BCUT2D eigenvalue weighted by Gasteiger charge is 2.02. The van der Waals surface area contributed by atoms with E-state index in [1.165, 1.54) is 11.4 Å². The number of nitrogens with zero attached hydrogens (tertiary/aromatic N) is 4. The van der Waals surface area contributed by atoms with Crippen molar-refractivity contribution in [3.63, 3.8) is 0 Å². The molecule has 0 aromatic carbocycles. The lowest BCUT2D eigenvalue weighted by Gasteiger charge is -2.03. The van der Waals surface area contributed by atoms with E-state index in [1.807, 2.05) is 53.2 Å². The molecule has 0 spiro atoms. The summed E-state index contributed by atoms with van der Waals surface area (Å²) < 4.78 is 4.18. The minimum absolute atomic E-state index is 0. The van der Waals surface area contributed by atoms with Gasteiger partial charge >= 0.3 is 0 Å². The lowest BCUT2D eigenvalue weighted by molar-refractivity contribution is 0.613. The first-order valence-corrected chi connectivity index (χ1v) is 11.1. The molecule has 3 rings (SSSR count). The minimum atomic E-state index is 0. The van der Waals surface area contributed by atoms with Crippen molar-refractivity contribution in [3.05, 3.63) is 47.3 Å². The molecular formula is C21H43Cl2N9. The van der Waals surface area contributed by atoms with E-state index in [0.717, 1.165) is 30.4 Å². The zero-order valence-corrected chi connectivity index (χ0v) is 21.9. The van der Waals surface area contributed by atoms with Crippen LogP contribution in [0.4, 0.5) is 0 Å². The highest BCUT2D eigenvalue weighted by molar-refractivity contribution is 6.18. The van der Waals surface area contributed by atoms with Gasteiger partial charge in [0.05, 0.1) is 11.9 Å². The van der Waals surface area contributed by atoms with Crippen LogP contribution in [0.25, 0.3) is 0 Å². The molecule has 0 bridgehead atoms. The molecule has 3 heterocycles. The molecule has 0 saturated carbocycles. The van der Waals surface area contributed by atoms with Crippen LogP contribution in [-0.2, 0) is 13.1 Å². The van der Waals surface area contributed by atoms with Crippen LogP contribution in [-0.4, -0.2) is 50.8 Å². The number of rotatable bonds is 5. The molecule has 2 aromatic heterocycles. The number of aromatic nitrogens is 4. The minimum Gasteiger partial charge on any atom is -0.370 e. The summed E-state index contributed by atoms with van der Waals surface area (Å²) >= 11 is 5.06. The van der Waals surface area contributed by atoms with E-state index >= 15 is 0 Å². The largest absolute Gasteiger partial charge is 0.370 e. The molecule has 1 unspecified atom stereocenters. The quantitative estimate of drug-likeness (QED) is 0.402. The van der Waals surface area contributed by atoms with Crippen LogP contribution in [0.1, 0.15) is 36.9 Å². The summed E-state index contributed by atoms with van der Waals surface area (Å²) in [5.74, 6) is 2.66. The van der Waals surface area contributed by atoms with Crippen LogP contribution < -0.4 is 27.8 Å². The maximum Gasteiger partial charge on any atom is 0.105 e. The summed E-state index contributed by atoms with van der Waals surface area (Å²) in [7, 11) is 0. The monoisotopic (exact) mass is 491 g/mol. The summed E-state index contributed by atoms with van der Waals surface area (Å²) in [6.07, 6.45) is 6.29. The van der Waals surface area contributed by atoms with E-state index < -0.39 is 0 Å². The van der Waals surface area contributed by atoms with E-state index in [4.69, 9.17) is 28.8 Å². The molecule has 9 nitrogen and oxygen atoms in total. The highest BCUT2D eigenvalue weighted by atomic mass is 35.5. The van der Waals surface area contributed by atoms with Gasteiger partial charge in [0.25, 0.3) is 0 Å². The Hall–Kier alpha value is -1.78. The Labute approximate surface area is 204 Å². The Morgan fingerprint density at radius 3 is 1.88 bits per heavy atom. The SMILES string of the molecule is CC1=CNC(C)N1.Cc1cn(CCN)c(C)n1.Cc1cnc(C)n1CCN.Cl.NCCCl. The molecular weight excluding hydrogens is 449 g/mol. The van der Waals surface area contributed by atoms with Crippen molar-refractivity contribution in [3.8, 4) is 0 Å². The standard InChI is InChI=1S/2C7H13N3.C5H10N2.C2H6ClN.ClH/c1-6-5-10(4-3-8)7(2)9-6;1-6-5-9-7(2)10(6)4-3-8;1-4-3-6-5(2)7-4;3-1-2-4;/h2*5H,3-4,8H2,1-2H3;3,5-7H,1-2H3;1-2,4H2;1H. The number of hydrogen-bond acceptors (Lipinski definition) is 7. The Bertz CT molecular complexity index is 735. The predicted molar refractivity (Wildman–Crippen MR) is 138 cm³/mol. The molecule has 1 atom stereocenters. The van der Waals surface area contributed by atoms with E-state index in [0.29, 0.717) is 31.7 Å². The van der Waals surface area contributed by atoms with Crippen LogP contribution in [0.5, 0.6) is 0 Å². The maximum atomic E-state index is 5.41. The van der Waals surface area contributed by atoms with E-state index in [2.05, 4.69) is 36.7 Å². The average molecular weight is 493 g/mol. The fourth-order valence-electron chi connectivity index (χ4n) is 2.76. The average Bonchev–Trinajstić information content (AvgIpc) is 3.37. The molecule has 0 aliphatic carbocycles.